The van der Waals surface area contributed by atoms with Crippen molar-refractivity contribution in [2.24, 2.45) is 5.92 Å². The van der Waals surface area contributed by atoms with Crippen LogP contribution >= 0.6 is 0 Å². The zero-order valence-electron chi connectivity index (χ0n) is 14.3. The zero-order valence-corrected chi connectivity index (χ0v) is 14.3. The molecule has 0 saturated carbocycles. The second-order valence-electron chi connectivity index (χ2n) is 6.11. The van der Waals surface area contributed by atoms with Crippen LogP contribution in [0.5, 0.6) is 0 Å². The van der Waals surface area contributed by atoms with Crippen LogP contribution in [0.1, 0.15) is 39.3 Å². The maximum atomic E-state index is 5.63. The topological polar surface area (TPSA) is 24.5 Å². The summed E-state index contributed by atoms with van der Waals surface area (Å²) in [7, 11) is 2.17. The maximum absolute atomic E-state index is 5.63. The van der Waals surface area contributed by atoms with Gasteiger partial charge in [0.05, 0.1) is 12.7 Å². The molecule has 0 aliphatic carbocycles. The van der Waals surface area contributed by atoms with Crippen LogP contribution in [0.4, 0.5) is 0 Å². The number of ether oxygens (including phenoxy) is 1. The molecule has 2 unspecified atom stereocenters. The maximum Gasteiger partial charge on any atom is 0.0596 e. The third kappa shape index (κ3) is 7.07. The van der Waals surface area contributed by atoms with Gasteiger partial charge >= 0.3 is 0 Å². The van der Waals surface area contributed by atoms with E-state index in [-0.39, 0.29) is 0 Å². The number of rotatable bonds is 10. The van der Waals surface area contributed by atoms with Gasteiger partial charge in [-0.3, -0.25) is 0 Å². The van der Waals surface area contributed by atoms with Gasteiger partial charge in [0.25, 0.3) is 0 Å². The van der Waals surface area contributed by atoms with Crippen molar-refractivity contribution < 1.29 is 4.74 Å². The molecule has 1 aromatic carbocycles. The summed E-state index contributed by atoms with van der Waals surface area (Å²) in [5.74, 6) is 0.552. The summed E-state index contributed by atoms with van der Waals surface area (Å²) in [5.41, 5.74) is 1.37. The summed E-state index contributed by atoms with van der Waals surface area (Å²) in [5, 5.41) is 3.62. The highest BCUT2D eigenvalue weighted by molar-refractivity contribution is 5.19. The minimum absolute atomic E-state index is 0.314. The van der Waals surface area contributed by atoms with Crippen LogP contribution in [-0.2, 0) is 4.74 Å². The standard InChI is InChI=1S/C18H32N2O/c1-6-19-18(17-10-8-7-9-11-17)16(4)14-20(5)12-13-21-15(2)3/h7-11,15-16,18-19H,6,12-14H2,1-5H3. The Balaban J connectivity index is 2.51. The van der Waals surface area contributed by atoms with E-state index < -0.39 is 0 Å². The van der Waals surface area contributed by atoms with E-state index in [0.717, 1.165) is 26.2 Å². The molecule has 2 atom stereocenters. The van der Waals surface area contributed by atoms with Crippen LogP contribution in [0, 0.1) is 5.92 Å². The second-order valence-corrected chi connectivity index (χ2v) is 6.11. The Hall–Kier alpha value is -0.900. The van der Waals surface area contributed by atoms with Gasteiger partial charge in [-0.05, 0) is 38.9 Å². The number of nitrogens with one attached hydrogen (secondary N) is 1. The molecule has 120 valence electrons. The van der Waals surface area contributed by atoms with Crippen LogP contribution in [0.25, 0.3) is 0 Å². The molecule has 3 heteroatoms. The lowest BCUT2D eigenvalue weighted by molar-refractivity contribution is 0.0605. The average molecular weight is 292 g/mol. The SMILES string of the molecule is CCNC(c1ccccc1)C(C)CN(C)CCOC(C)C. The fourth-order valence-corrected chi connectivity index (χ4v) is 2.66. The molecular formula is C18H32N2O. The van der Waals surface area contributed by atoms with E-state index in [0.29, 0.717) is 18.1 Å². The lowest BCUT2D eigenvalue weighted by Crippen LogP contribution is -2.35. The molecule has 1 rings (SSSR count). The first-order valence-electron chi connectivity index (χ1n) is 8.13. The highest BCUT2D eigenvalue weighted by atomic mass is 16.5. The van der Waals surface area contributed by atoms with Crippen LogP contribution in [-0.4, -0.2) is 44.3 Å². The first-order valence-corrected chi connectivity index (χ1v) is 8.13. The second kappa shape index (κ2) is 9.93. The van der Waals surface area contributed by atoms with Gasteiger partial charge in [0.2, 0.25) is 0 Å². The molecule has 0 aliphatic rings. The Bertz CT molecular complexity index is 367. The number of likely N-dealkylation sites (N-methyl/N-ethyl adjacent to an activating group) is 1. The molecule has 0 spiro atoms. The third-order valence-corrected chi connectivity index (χ3v) is 3.68. The van der Waals surface area contributed by atoms with Gasteiger partial charge < -0.3 is 15.0 Å². The first kappa shape index (κ1) is 18.1. The lowest BCUT2D eigenvalue weighted by Gasteiger charge is -2.29. The molecule has 0 bridgehead atoms. The average Bonchev–Trinajstić information content (AvgIpc) is 2.45. The minimum atomic E-state index is 0.314. The smallest absolute Gasteiger partial charge is 0.0596 e. The molecular weight excluding hydrogens is 260 g/mol. The third-order valence-electron chi connectivity index (χ3n) is 3.68. The molecule has 0 aromatic heterocycles. The van der Waals surface area contributed by atoms with E-state index in [1.54, 1.807) is 0 Å². The van der Waals surface area contributed by atoms with Crippen molar-refractivity contribution >= 4 is 0 Å². The predicted molar refractivity (Wildman–Crippen MR) is 90.6 cm³/mol. The molecule has 0 heterocycles. The van der Waals surface area contributed by atoms with E-state index >= 15 is 0 Å². The Morgan fingerprint density at radius 1 is 1.14 bits per heavy atom. The monoisotopic (exact) mass is 292 g/mol. The molecule has 0 fully saturated rings. The van der Waals surface area contributed by atoms with Gasteiger partial charge in [0.15, 0.2) is 0 Å². The molecule has 0 radical (unpaired) electrons. The summed E-state index contributed by atoms with van der Waals surface area (Å²) < 4.78 is 5.63. The molecule has 0 aliphatic heterocycles. The van der Waals surface area contributed by atoms with Gasteiger partial charge in [-0.1, -0.05) is 44.2 Å². The molecule has 3 nitrogen and oxygen atoms in total. The first-order chi connectivity index (χ1) is 10.0. The van der Waals surface area contributed by atoms with Gasteiger partial charge in [0, 0.05) is 19.1 Å². The van der Waals surface area contributed by atoms with Gasteiger partial charge in [0.1, 0.15) is 0 Å². The summed E-state index contributed by atoms with van der Waals surface area (Å²) in [6, 6.07) is 11.1. The highest BCUT2D eigenvalue weighted by Gasteiger charge is 2.19. The normalized spacial score (nSPS) is 14.6. The Morgan fingerprint density at radius 3 is 2.38 bits per heavy atom. The van der Waals surface area contributed by atoms with Crippen molar-refractivity contribution in [3.63, 3.8) is 0 Å². The van der Waals surface area contributed by atoms with Crippen molar-refractivity contribution in [2.45, 2.75) is 39.8 Å². The van der Waals surface area contributed by atoms with E-state index in [1.807, 2.05) is 0 Å². The van der Waals surface area contributed by atoms with Gasteiger partial charge in [-0.15, -0.1) is 0 Å². The summed E-state index contributed by atoms with van der Waals surface area (Å²) in [4.78, 5) is 2.36. The number of hydrogen-bond donors (Lipinski definition) is 1. The van der Waals surface area contributed by atoms with Crippen LogP contribution in [0.2, 0.25) is 0 Å². The van der Waals surface area contributed by atoms with Crippen molar-refractivity contribution in [3.8, 4) is 0 Å². The van der Waals surface area contributed by atoms with E-state index in [4.69, 9.17) is 4.74 Å². The summed E-state index contributed by atoms with van der Waals surface area (Å²) in [6.07, 6.45) is 0.314. The molecule has 21 heavy (non-hydrogen) atoms. The number of benzene rings is 1. The minimum Gasteiger partial charge on any atom is -0.377 e. The van der Waals surface area contributed by atoms with Crippen molar-refractivity contribution in [1.29, 1.82) is 0 Å². The molecule has 1 aromatic rings. The largest absolute Gasteiger partial charge is 0.377 e. The fraction of sp³-hybridized carbons (Fsp3) is 0.667. The van der Waals surface area contributed by atoms with E-state index in [9.17, 15) is 0 Å². The van der Waals surface area contributed by atoms with Crippen LogP contribution in [0.15, 0.2) is 30.3 Å². The zero-order chi connectivity index (χ0) is 15.7. The predicted octanol–water partition coefficient (Wildman–Crippen LogP) is 3.33. The fourth-order valence-electron chi connectivity index (χ4n) is 2.66. The Morgan fingerprint density at radius 2 is 1.81 bits per heavy atom. The van der Waals surface area contributed by atoms with Gasteiger partial charge in [-0.25, -0.2) is 0 Å². The van der Waals surface area contributed by atoms with Crippen molar-refractivity contribution in [3.05, 3.63) is 35.9 Å². The van der Waals surface area contributed by atoms with Crippen LogP contribution in [0.3, 0.4) is 0 Å². The molecule has 0 saturated heterocycles. The molecule has 0 amide bonds. The Kier molecular flexibility index (Phi) is 8.58. The number of nitrogens with zero attached hydrogens (tertiary/aromatic N) is 1. The van der Waals surface area contributed by atoms with Crippen molar-refractivity contribution in [1.82, 2.24) is 10.2 Å². The number of hydrogen-bond acceptors (Lipinski definition) is 3. The molecule has 1 N–H and O–H groups in total. The summed E-state index contributed by atoms with van der Waals surface area (Å²) >= 11 is 0. The van der Waals surface area contributed by atoms with E-state index in [2.05, 4.69) is 75.3 Å². The quantitative estimate of drug-likeness (QED) is 0.716. The summed E-state index contributed by atoms with van der Waals surface area (Å²) in [6.45, 7) is 12.5. The van der Waals surface area contributed by atoms with Crippen LogP contribution < -0.4 is 5.32 Å². The van der Waals surface area contributed by atoms with Crippen molar-refractivity contribution in [2.75, 3.05) is 33.3 Å². The lowest BCUT2D eigenvalue weighted by atomic mass is 9.94. The van der Waals surface area contributed by atoms with E-state index in [1.165, 1.54) is 5.56 Å². The highest BCUT2D eigenvalue weighted by Crippen LogP contribution is 2.22. The van der Waals surface area contributed by atoms with Gasteiger partial charge in [-0.2, -0.15) is 0 Å². The Labute approximate surface area is 130 Å².